The number of amides is 1. The van der Waals surface area contributed by atoms with Crippen LogP contribution in [-0.4, -0.2) is 20.8 Å². The summed E-state index contributed by atoms with van der Waals surface area (Å²) < 4.78 is 5.38. The van der Waals surface area contributed by atoms with Crippen LogP contribution < -0.4 is 0 Å². The number of ether oxygens (including phenoxy) is 1. The molecule has 1 aliphatic carbocycles. The molecule has 7 nitrogen and oxygen atoms in total. The molecule has 1 amide bonds. The van der Waals surface area contributed by atoms with E-state index in [-0.39, 0.29) is 32.8 Å². The van der Waals surface area contributed by atoms with E-state index in [9.17, 15) is 20.0 Å². The third-order valence-corrected chi connectivity index (χ3v) is 4.39. The van der Waals surface area contributed by atoms with Crippen LogP contribution in [0.1, 0.15) is 23.2 Å². The van der Waals surface area contributed by atoms with Crippen molar-refractivity contribution in [1.82, 2.24) is 4.90 Å². The third kappa shape index (κ3) is 3.44. The summed E-state index contributed by atoms with van der Waals surface area (Å²) in [5.41, 5.74) is 0.481. The third-order valence-electron chi connectivity index (χ3n) is 3.81. The molecule has 0 bridgehead atoms. The molecule has 0 saturated carbocycles. The fourth-order valence-electron chi connectivity index (χ4n) is 2.55. The first kappa shape index (κ1) is 18.0. The number of hydrogen-bond donors (Lipinski definition) is 1. The molecule has 1 heterocycles. The molecule has 0 spiro atoms. The van der Waals surface area contributed by atoms with Crippen molar-refractivity contribution < 1.29 is 19.6 Å². The number of phenols is 1. The Labute approximate surface area is 158 Å². The van der Waals surface area contributed by atoms with E-state index in [0.717, 1.165) is 0 Å². The number of carbonyl (C=O) groups excluding carboxylic acids is 1. The lowest BCUT2D eigenvalue weighted by molar-refractivity contribution is -0.420. The number of hydrogen-bond acceptors (Lipinski definition) is 5. The minimum absolute atomic E-state index is 0.0574. The summed E-state index contributed by atoms with van der Waals surface area (Å²) in [4.78, 5) is 24.6. The molecule has 1 aromatic carbocycles. The van der Waals surface area contributed by atoms with Gasteiger partial charge in [-0.15, -0.1) is 0 Å². The molecule has 1 aliphatic heterocycles. The molecule has 2 aliphatic rings. The Morgan fingerprint density at radius 1 is 1.31 bits per heavy atom. The predicted molar refractivity (Wildman–Crippen MR) is 95.0 cm³/mol. The number of allylic oxidation sites excluding steroid dienone is 3. The van der Waals surface area contributed by atoms with E-state index in [1.807, 2.05) is 0 Å². The molecule has 9 heteroatoms. The van der Waals surface area contributed by atoms with Gasteiger partial charge < -0.3 is 9.84 Å². The normalized spacial score (nSPS) is 16.4. The Morgan fingerprint density at radius 3 is 2.65 bits per heavy atom. The molecule has 0 radical (unpaired) electrons. The number of halogens is 2. The van der Waals surface area contributed by atoms with Gasteiger partial charge in [0.05, 0.1) is 26.7 Å². The lowest BCUT2D eigenvalue weighted by atomic mass is 10.0. The summed E-state index contributed by atoms with van der Waals surface area (Å²) in [5.74, 6) is -0.582. The monoisotopic (exact) mass is 394 g/mol. The van der Waals surface area contributed by atoms with Crippen molar-refractivity contribution in [3.05, 3.63) is 85.7 Å². The maximum absolute atomic E-state index is 12.7. The first-order chi connectivity index (χ1) is 12.4. The summed E-state index contributed by atoms with van der Waals surface area (Å²) in [6.07, 6.45) is 8.19. The van der Waals surface area contributed by atoms with Gasteiger partial charge in [-0.1, -0.05) is 29.3 Å². The van der Waals surface area contributed by atoms with Crippen LogP contribution >= 0.6 is 23.2 Å². The van der Waals surface area contributed by atoms with Gasteiger partial charge in [-0.2, -0.15) is 0 Å². The van der Waals surface area contributed by atoms with Crippen molar-refractivity contribution in [2.24, 2.45) is 0 Å². The second-order valence-electron chi connectivity index (χ2n) is 5.46. The number of carbonyl (C=O) groups is 1. The van der Waals surface area contributed by atoms with Crippen molar-refractivity contribution >= 4 is 29.1 Å². The van der Waals surface area contributed by atoms with E-state index in [0.29, 0.717) is 18.4 Å². The van der Waals surface area contributed by atoms with Crippen molar-refractivity contribution in [2.45, 2.75) is 12.8 Å². The van der Waals surface area contributed by atoms with Gasteiger partial charge in [0.15, 0.2) is 11.5 Å². The van der Waals surface area contributed by atoms with E-state index in [1.165, 1.54) is 41.8 Å². The van der Waals surface area contributed by atoms with Crippen LogP contribution in [0.2, 0.25) is 10.0 Å². The number of aromatic hydroxyl groups is 1. The fraction of sp³-hybridized carbons (Fsp3) is 0.118. The number of rotatable bonds is 3. The maximum atomic E-state index is 12.7. The average molecular weight is 395 g/mol. The van der Waals surface area contributed by atoms with Crippen molar-refractivity contribution in [2.75, 3.05) is 0 Å². The molecule has 0 atom stereocenters. The lowest BCUT2D eigenvalue weighted by Gasteiger charge is -2.22. The van der Waals surface area contributed by atoms with Crippen LogP contribution in [-0.2, 0) is 4.74 Å². The van der Waals surface area contributed by atoms with Gasteiger partial charge in [0.1, 0.15) is 6.26 Å². The molecule has 1 N–H and O–H groups in total. The minimum atomic E-state index is -0.487. The zero-order chi connectivity index (χ0) is 18.8. The van der Waals surface area contributed by atoms with E-state index in [4.69, 9.17) is 27.9 Å². The van der Waals surface area contributed by atoms with Gasteiger partial charge in [-0.05, 0) is 25.0 Å². The SMILES string of the molecule is O=C(c1cc(Cl)c(O)c(Cl)c1)N1C=COC(C2=C([N+](=O)[O-])C=CCC2)=C1. The Morgan fingerprint density at radius 2 is 2.00 bits per heavy atom. The van der Waals surface area contributed by atoms with E-state index in [1.54, 1.807) is 6.08 Å². The lowest BCUT2D eigenvalue weighted by Crippen LogP contribution is -2.23. The van der Waals surface area contributed by atoms with Crippen molar-refractivity contribution in [3.63, 3.8) is 0 Å². The highest BCUT2D eigenvalue weighted by molar-refractivity contribution is 6.37. The highest BCUT2D eigenvalue weighted by atomic mass is 35.5. The topological polar surface area (TPSA) is 92.9 Å². The van der Waals surface area contributed by atoms with Crippen molar-refractivity contribution in [3.8, 4) is 5.75 Å². The zero-order valence-corrected chi connectivity index (χ0v) is 14.7. The highest BCUT2D eigenvalue weighted by Crippen LogP contribution is 2.34. The molecule has 134 valence electrons. The van der Waals surface area contributed by atoms with Crippen LogP contribution in [0.25, 0.3) is 0 Å². The van der Waals surface area contributed by atoms with Gasteiger partial charge in [0.25, 0.3) is 11.6 Å². The van der Waals surface area contributed by atoms with Gasteiger partial charge in [-0.25, -0.2) is 0 Å². The smallest absolute Gasteiger partial charge is 0.276 e. The Bertz CT molecular complexity index is 895. The standard InChI is InChI=1S/C17H12Cl2N2O5/c18-12-7-10(8-13(19)16(12)22)17(23)20-5-6-26-15(9-20)11-3-1-2-4-14(11)21(24)25/h2,4-9,22H,1,3H2. The largest absolute Gasteiger partial charge is 0.505 e. The van der Waals surface area contributed by atoms with Gasteiger partial charge in [-0.3, -0.25) is 19.8 Å². The van der Waals surface area contributed by atoms with E-state index < -0.39 is 10.8 Å². The summed E-state index contributed by atoms with van der Waals surface area (Å²) in [7, 11) is 0. The van der Waals surface area contributed by atoms with Crippen molar-refractivity contribution in [1.29, 1.82) is 0 Å². The van der Waals surface area contributed by atoms with Crippen LogP contribution in [0.4, 0.5) is 0 Å². The molecule has 0 saturated heterocycles. The molecule has 26 heavy (non-hydrogen) atoms. The van der Waals surface area contributed by atoms with Crippen LogP contribution in [0.5, 0.6) is 5.75 Å². The van der Waals surface area contributed by atoms with Gasteiger partial charge in [0, 0.05) is 17.8 Å². The second kappa shape index (κ2) is 7.23. The Balaban J connectivity index is 1.95. The average Bonchev–Trinajstić information content (AvgIpc) is 2.65. The first-order valence-corrected chi connectivity index (χ1v) is 8.24. The highest BCUT2D eigenvalue weighted by Gasteiger charge is 2.26. The zero-order valence-electron chi connectivity index (χ0n) is 13.2. The van der Waals surface area contributed by atoms with Gasteiger partial charge >= 0.3 is 0 Å². The van der Waals surface area contributed by atoms with Crippen LogP contribution in [0, 0.1) is 10.1 Å². The quantitative estimate of drug-likeness (QED) is 0.606. The number of phenolic OH excluding ortho intramolecular Hbond substituents is 1. The Kier molecular flexibility index (Phi) is 5.01. The van der Waals surface area contributed by atoms with E-state index >= 15 is 0 Å². The summed E-state index contributed by atoms with van der Waals surface area (Å²) >= 11 is 11.7. The van der Waals surface area contributed by atoms with Gasteiger partial charge in [0.2, 0.25) is 0 Å². The van der Waals surface area contributed by atoms with E-state index in [2.05, 4.69) is 0 Å². The Hall–Kier alpha value is -2.77. The summed E-state index contributed by atoms with van der Waals surface area (Å²) in [5, 5.41) is 20.7. The summed E-state index contributed by atoms with van der Waals surface area (Å²) in [6.45, 7) is 0. The molecular formula is C17H12Cl2N2O5. The fourth-order valence-corrected chi connectivity index (χ4v) is 3.04. The van der Waals surface area contributed by atoms with Crippen LogP contribution in [0.3, 0.4) is 0 Å². The second-order valence-corrected chi connectivity index (χ2v) is 6.27. The maximum Gasteiger partial charge on any atom is 0.276 e. The number of nitrogens with zero attached hydrogens (tertiary/aromatic N) is 2. The first-order valence-electron chi connectivity index (χ1n) is 7.48. The minimum Gasteiger partial charge on any atom is -0.505 e. The molecule has 1 aromatic rings. The molecule has 0 unspecified atom stereocenters. The number of benzene rings is 1. The predicted octanol–water partition coefficient (Wildman–Crippen LogP) is 4.36. The molecule has 3 rings (SSSR count). The summed E-state index contributed by atoms with van der Waals surface area (Å²) in [6, 6.07) is 2.57. The number of nitro groups is 1. The molecular weight excluding hydrogens is 383 g/mol. The molecule has 0 fully saturated rings. The van der Waals surface area contributed by atoms with Crippen LogP contribution in [0.15, 0.2) is 60.0 Å². The molecule has 0 aromatic heterocycles.